The molecule has 0 N–H and O–H groups in total. The molecule has 0 spiro atoms. The maximum atomic E-state index is 5.72. The number of imidazole rings is 1. The van der Waals surface area contributed by atoms with Gasteiger partial charge in [0, 0.05) is 12.4 Å². The lowest BCUT2D eigenvalue weighted by Crippen LogP contribution is -1.99. The molecule has 0 saturated heterocycles. The highest BCUT2D eigenvalue weighted by Crippen LogP contribution is 2.22. The van der Waals surface area contributed by atoms with Crippen molar-refractivity contribution in [1.82, 2.24) is 9.55 Å². The molecule has 2 nitrogen and oxygen atoms in total. The average molecular weight is 241 g/mol. The molecule has 1 aromatic heterocycles. The summed E-state index contributed by atoms with van der Waals surface area (Å²) in [6, 6.07) is 8.22. The first-order valence-electron chi connectivity index (χ1n) is 4.92. The van der Waals surface area contributed by atoms with Crippen LogP contribution in [0.1, 0.15) is 6.42 Å². The Bertz CT molecular complexity index is 453. The first kappa shape index (κ1) is 10.8. The number of rotatable bonds is 4. The summed E-state index contributed by atoms with van der Waals surface area (Å²) in [6.45, 7) is 0.945. The molecule has 15 heavy (non-hydrogen) atoms. The second-order valence-corrected chi connectivity index (χ2v) is 4.43. The van der Waals surface area contributed by atoms with Crippen LogP contribution in [0.4, 0.5) is 0 Å². The quantitative estimate of drug-likeness (QED) is 0.602. The van der Waals surface area contributed by atoms with E-state index in [-0.39, 0.29) is 0 Å². The molecular weight excluding hydrogens is 228 g/mol. The number of aryl methyl sites for hydroxylation is 1. The van der Waals surface area contributed by atoms with Crippen LogP contribution in [0.5, 0.6) is 0 Å². The Morgan fingerprint density at radius 2 is 2.20 bits per heavy atom. The summed E-state index contributed by atoms with van der Waals surface area (Å²) in [5, 5.41) is 1.07. The Morgan fingerprint density at radius 3 is 2.93 bits per heavy atom. The SMILES string of the molecule is CSc1nc2ccccc2n1CCCCl. The van der Waals surface area contributed by atoms with Gasteiger partial charge in [0.25, 0.3) is 0 Å². The number of aromatic nitrogens is 2. The molecule has 0 aliphatic rings. The van der Waals surface area contributed by atoms with Gasteiger partial charge in [-0.1, -0.05) is 23.9 Å². The fourth-order valence-electron chi connectivity index (χ4n) is 1.64. The van der Waals surface area contributed by atoms with Gasteiger partial charge < -0.3 is 4.57 Å². The molecule has 2 rings (SSSR count). The predicted octanol–water partition coefficient (Wildman–Crippen LogP) is 3.39. The first-order chi connectivity index (χ1) is 7.36. The standard InChI is InChI=1S/C11H13ClN2S/c1-15-11-13-9-5-2-3-6-10(9)14(11)8-4-7-12/h2-3,5-6H,4,7-8H2,1H3. The van der Waals surface area contributed by atoms with Gasteiger partial charge in [-0.2, -0.15) is 0 Å². The van der Waals surface area contributed by atoms with E-state index >= 15 is 0 Å². The van der Waals surface area contributed by atoms with Gasteiger partial charge in [0.1, 0.15) is 0 Å². The summed E-state index contributed by atoms with van der Waals surface area (Å²) in [7, 11) is 0. The van der Waals surface area contributed by atoms with Gasteiger partial charge in [-0.05, 0) is 24.8 Å². The number of thioether (sulfide) groups is 1. The van der Waals surface area contributed by atoms with Gasteiger partial charge in [-0.25, -0.2) is 4.98 Å². The van der Waals surface area contributed by atoms with Crippen molar-refractivity contribution in [3.05, 3.63) is 24.3 Å². The lowest BCUT2D eigenvalue weighted by molar-refractivity contribution is 0.641. The van der Waals surface area contributed by atoms with Crippen molar-refractivity contribution in [3.63, 3.8) is 0 Å². The van der Waals surface area contributed by atoms with Crippen molar-refractivity contribution in [2.45, 2.75) is 18.1 Å². The number of para-hydroxylation sites is 2. The molecule has 0 atom stereocenters. The number of fused-ring (bicyclic) bond motifs is 1. The zero-order valence-electron chi connectivity index (χ0n) is 8.61. The van der Waals surface area contributed by atoms with Gasteiger partial charge in [0.2, 0.25) is 0 Å². The van der Waals surface area contributed by atoms with Crippen molar-refractivity contribution in [1.29, 1.82) is 0 Å². The van der Waals surface area contributed by atoms with Gasteiger partial charge in [-0.3, -0.25) is 0 Å². The Hall–Kier alpha value is -0.670. The maximum absolute atomic E-state index is 5.72. The van der Waals surface area contributed by atoms with Crippen LogP contribution in [0.2, 0.25) is 0 Å². The summed E-state index contributed by atoms with van der Waals surface area (Å²) in [5.74, 6) is 0.695. The van der Waals surface area contributed by atoms with E-state index in [1.165, 1.54) is 5.52 Å². The van der Waals surface area contributed by atoms with E-state index < -0.39 is 0 Å². The molecular formula is C11H13ClN2S. The summed E-state index contributed by atoms with van der Waals surface area (Å²) in [4.78, 5) is 4.57. The monoisotopic (exact) mass is 240 g/mol. The van der Waals surface area contributed by atoms with Crippen molar-refractivity contribution in [2.24, 2.45) is 0 Å². The number of hydrogen-bond acceptors (Lipinski definition) is 2. The minimum absolute atomic E-state index is 0.695. The van der Waals surface area contributed by atoms with Crippen molar-refractivity contribution in [2.75, 3.05) is 12.1 Å². The van der Waals surface area contributed by atoms with E-state index in [4.69, 9.17) is 11.6 Å². The summed E-state index contributed by atoms with van der Waals surface area (Å²) < 4.78 is 2.24. The Balaban J connectivity index is 2.47. The van der Waals surface area contributed by atoms with Crippen molar-refractivity contribution >= 4 is 34.4 Å². The van der Waals surface area contributed by atoms with E-state index in [0.717, 1.165) is 23.6 Å². The Kier molecular flexibility index (Phi) is 3.54. The van der Waals surface area contributed by atoms with Crippen LogP contribution >= 0.6 is 23.4 Å². The highest BCUT2D eigenvalue weighted by atomic mass is 35.5. The van der Waals surface area contributed by atoms with Crippen LogP contribution in [0.15, 0.2) is 29.4 Å². The third kappa shape index (κ3) is 2.13. The van der Waals surface area contributed by atoms with Gasteiger partial charge in [0.05, 0.1) is 11.0 Å². The lowest BCUT2D eigenvalue weighted by atomic mass is 10.3. The normalized spacial score (nSPS) is 11.1. The van der Waals surface area contributed by atoms with E-state index in [0.29, 0.717) is 5.88 Å². The molecule has 4 heteroatoms. The molecule has 0 amide bonds. The molecule has 0 radical (unpaired) electrons. The predicted molar refractivity (Wildman–Crippen MR) is 66.9 cm³/mol. The molecule has 2 aromatic rings. The number of benzene rings is 1. The second kappa shape index (κ2) is 4.90. The minimum atomic E-state index is 0.695. The van der Waals surface area contributed by atoms with Crippen LogP contribution < -0.4 is 0 Å². The summed E-state index contributed by atoms with van der Waals surface area (Å²) in [5.41, 5.74) is 2.27. The third-order valence-electron chi connectivity index (χ3n) is 2.32. The summed E-state index contributed by atoms with van der Waals surface area (Å²) >= 11 is 7.40. The number of halogens is 1. The van der Waals surface area contributed by atoms with Gasteiger partial charge in [-0.15, -0.1) is 11.6 Å². The molecule has 1 heterocycles. The molecule has 80 valence electrons. The van der Waals surface area contributed by atoms with E-state index in [1.54, 1.807) is 11.8 Å². The van der Waals surface area contributed by atoms with Crippen molar-refractivity contribution < 1.29 is 0 Å². The average Bonchev–Trinajstić information content (AvgIpc) is 2.64. The van der Waals surface area contributed by atoms with Crippen LogP contribution in [0, 0.1) is 0 Å². The highest BCUT2D eigenvalue weighted by Gasteiger charge is 2.08. The van der Waals surface area contributed by atoms with Crippen LogP contribution in [-0.4, -0.2) is 21.7 Å². The molecule has 0 saturated carbocycles. The number of alkyl halides is 1. The molecule has 1 aromatic carbocycles. The molecule has 0 aliphatic heterocycles. The van der Waals surface area contributed by atoms with Crippen molar-refractivity contribution in [3.8, 4) is 0 Å². The molecule has 0 fully saturated rings. The first-order valence-corrected chi connectivity index (χ1v) is 6.68. The van der Waals surface area contributed by atoms with E-state index in [9.17, 15) is 0 Å². The van der Waals surface area contributed by atoms with E-state index in [1.807, 2.05) is 18.2 Å². The van der Waals surface area contributed by atoms with Gasteiger partial charge >= 0.3 is 0 Å². The highest BCUT2D eigenvalue weighted by molar-refractivity contribution is 7.98. The largest absolute Gasteiger partial charge is 0.319 e. The zero-order valence-corrected chi connectivity index (χ0v) is 10.2. The topological polar surface area (TPSA) is 17.8 Å². The molecule has 0 aliphatic carbocycles. The fraction of sp³-hybridized carbons (Fsp3) is 0.364. The fourth-order valence-corrected chi connectivity index (χ4v) is 2.36. The molecule has 0 bridgehead atoms. The summed E-state index contributed by atoms with van der Waals surface area (Å²) in [6.07, 6.45) is 3.04. The lowest BCUT2D eigenvalue weighted by Gasteiger charge is -2.05. The second-order valence-electron chi connectivity index (χ2n) is 3.28. The van der Waals surface area contributed by atoms with Gasteiger partial charge in [0.15, 0.2) is 5.16 Å². The molecule has 0 unspecified atom stereocenters. The smallest absolute Gasteiger partial charge is 0.168 e. The van der Waals surface area contributed by atoms with Crippen LogP contribution in [0.25, 0.3) is 11.0 Å². The van der Waals surface area contributed by atoms with E-state index in [2.05, 4.69) is 21.9 Å². The Labute approximate surface area is 98.6 Å². The number of nitrogens with zero attached hydrogens (tertiary/aromatic N) is 2. The Morgan fingerprint density at radius 1 is 1.40 bits per heavy atom. The van der Waals surface area contributed by atoms with Crippen LogP contribution in [-0.2, 0) is 6.54 Å². The minimum Gasteiger partial charge on any atom is -0.319 e. The maximum Gasteiger partial charge on any atom is 0.168 e. The van der Waals surface area contributed by atoms with Crippen LogP contribution in [0.3, 0.4) is 0 Å². The number of hydrogen-bond donors (Lipinski definition) is 0. The third-order valence-corrected chi connectivity index (χ3v) is 3.26. The zero-order chi connectivity index (χ0) is 10.7.